The molecule has 1 nitrogen and oxygen atoms in total. The average Bonchev–Trinajstić information content (AvgIpc) is 2.26. The number of fused-ring (bicyclic) bond motifs is 1. The number of hydrogen-bond acceptors (Lipinski definition) is 1. The largest absolute Gasteiger partial charge is 0.465 e. The van der Waals surface area contributed by atoms with Crippen molar-refractivity contribution in [2.75, 3.05) is 0 Å². The van der Waals surface area contributed by atoms with Crippen molar-refractivity contribution in [3.05, 3.63) is 41.7 Å². The van der Waals surface area contributed by atoms with E-state index in [1.165, 1.54) is 30.4 Å². The van der Waals surface area contributed by atoms with Gasteiger partial charge < -0.3 is 4.74 Å². The van der Waals surface area contributed by atoms with Gasteiger partial charge >= 0.3 is 0 Å². The van der Waals surface area contributed by atoms with Gasteiger partial charge in [0.05, 0.1) is 6.26 Å². The van der Waals surface area contributed by atoms with Crippen molar-refractivity contribution in [2.45, 2.75) is 32.6 Å². The Bertz CT molecular complexity index is 339. The molecule has 14 heavy (non-hydrogen) atoms. The van der Waals surface area contributed by atoms with E-state index in [-0.39, 0.29) is 0 Å². The summed E-state index contributed by atoms with van der Waals surface area (Å²) in [6.07, 6.45) is 8.58. The first kappa shape index (κ1) is 9.32. The molecular formula is C13H16O. The molecule has 1 heteroatoms. The summed E-state index contributed by atoms with van der Waals surface area (Å²) in [4.78, 5) is 0. The Labute approximate surface area is 85.4 Å². The van der Waals surface area contributed by atoms with E-state index in [1.54, 1.807) is 6.26 Å². The predicted molar refractivity (Wildman–Crippen MR) is 58.5 cm³/mol. The minimum absolute atomic E-state index is 1.02. The first-order valence-electron chi connectivity index (χ1n) is 5.34. The fourth-order valence-corrected chi connectivity index (χ4v) is 1.84. The molecule has 0 amide bonds. The third-order valence-electron chi connectivity index (χ3n) is 2.64. The third kappa shape index (κ3) is 1.82. The first-order valence-corrected chi connectivity index (χ1v) is 5.34. The van der Waals surface area contributed by atoms with E-state index in [0.717, 1.165) is 12.2 Å². The maximum Gasteiger partial charge on any atom is 0.130 e. The topological polar surface area (TPSA) is 9.23 Å². The highest BCUT2D eigenvalue weighted by Gasteiger charge is 2.09. The molecule has 74 valence electrons. The Morgan fingerprint density at radius 2 is 2.29 bits per heavy atom. The highest BCUT2D eigenvalue weighted by atomic mass is 16.5. The zero-order chi connectivity index (χ0) is 9.80. The van der Waals surface area contributed by atoms with Crippen LogP contribution in [0.1, 0.15) is 30.9 Å². The lowest BCUT2D eigenvalue weighted by Crippen LogP contribution is -2.01. The second kappa shape index (κ2) is 4.32. The van der Waals surface area contributed by atoms with Gasteiger partial charge in [-0.2, -0.15) is 0 Å². The summed E-state index contributed by atoms with van der Waals surface area (Å²) in [6.45, 7) is 2.23. The monoisotopic (exact) mass is 188 g/mol. The van der Waals surface area contributed by atoms with Crippen molar-refractivity contribution in [2.24, 2.45) is 0 Å². The maximum absolute atomic E-state index is 5.46. The lowest BCUT2D eigenvalue weighted by molar-refractivity contribution is 0.463. The highest BCUT2D eigenvalue weighted by Crippen LogP contribution is 2.27. The average molecular weight is 188 g/mol. The summed E-state index contributed by atoms with van der Waals surface area (Å²) in [7, 11) is 0. The molecule has 0 atom stereocenters. The summed E-state index contributed by atoms with van der Waals surface area (Å²) >= 11 is 0. The van der Waals surface area contributed by atoms with Gasteiger partial charge in [0.15, 0.2) is 0 Å². The van der Waals surface area contributed by atoms with Crippen LogP contribution in [0.25, 0.3) is 0 Å². The van der Waals surface area contributed by atoms with E-state index in [4.69, 9.17) is 4.74 Å². The van der Waals surface area contributed by atoms with Crippen LogP contribution >= 0.6 is 0 Å². The molecule has 0 spiro atoms. The van der Waals surface area contributed by atoms with Gasteiger partial charge in [-0.3, -0.25) is 0 Å². The second-order valence-corrected chi connectivity index (χ2v) is 3.69. The standard InChI is InChI=1S/C13H16O/c1-2-3-6-11-7-4-9-13-12(11)8-5-10-14-13/h4-5,7,9-10H,2-3,6,8H2,1H3. The molecule has 2 rings (SSSR count). The SMILES string of the molecule is CCCCc1cccc2c1CC=CO2. The fourth-order valence-electron chi connectivity index (χ4n) is 1.84. The van der Waals surface area contributed by atoms with Crippen molar-refractivity contribution in [1.29, 1.82) is 0 Å². The van der Waals surface area contributed by atoms with Crippen LogP contribution in [0.2, 0.25) is 0 Å². The first-order chi connectivity index (χ1) is 6.92. The molecule has 1 heterocycles. The molecule has 1 aromatic carbocycles. The summed E-state index contributed by atoms with van der Waals surface area (Å²) in [5.74, 6) is 1.04. The van der Waals surface area contributed by atoms with Crippen LogP contribution in [0.15, 0.2) is 30.5 Å². The number of rotatable bonds is 3. The molecule has 0 N–H and O–H groups in total. The zero-order valence-corrected chi connectivity index (χ0v) is 8.62. The van der Waals surface area contributed by atoms with Crippen LogP contribution < -0.4 is 4.74 Å². The highest BCUT2D eigenvalue weighted by molar-refractivity contribution is 5.43. The van der Waals surface area contributed by atoms with Crippen LogP contribution in [0.5, 0.6) is 5.75 Å². The normalized spacial score (nSPS) is 13.5. The Balaban J connectivity index is 2.24. The van der Waals surface area contributed by atoms with Gasteiger partial charge in [0.2, 0.25) is 0 Å². The molecule has 0 aliphatic carbocycles. The van der Waals surface area contributed by atoms with Crippen molar-refractivity contribution in [1.82, 2.24) is 0 Å². The molecule has 0 saturated heterocycles. The van der Waals surface area contributed by atoms with Crippen LogP contribution in [0.3, 0.4) is 0 Å². The molecule has 1 aliphatic rings. The Hall–Kier alpha value is -1.24. The predicted octanol–water partition coefficient (Wildman–Crippen LogP) is 3.48. The van der Waals surface area contributed by atoms with Crippen molar-refractivity contribution in [3.8, 4) is 5.75 Å². The van der Waals surface area contributed by atoms with E-state index >= 15 is 0 Å². The molecule has 0 saturated carbocycles. The molecule has 0 bridgehead atoms. The quantitative estimate of drug-likeness (QED) is 0.705. The van der Waals surface area contributed by atoms with E-state index in [0.29, 0.717) is 0 Å². The fraction of sp³-hybridized carbons (Fsp3) is 0.385. The minimum atomic E-state index is 1.02. The summed E-state index contributed by atoms with van der Waals surface area (Å²) < 4.78 is 5.46. The summed E-state index contributed by atoms with van der Waals surface area (Å²) in [5, 5.41) is 0. The number of hydrogen-bond donors (Lipinski definition) is 0. The van der Waals surface area contributed by atoms with E-state index in [2.05, 4.69) is 25.1 Å². The molecule has 1 aliphatic heterocycles. The zero-order valence-electron chi connectivity index (χ0n) is 8.62. The number of benzene rings is 1. The summed E-state index contributed by atoms with van der Waals surface area (Å²) in [6, 6.07) is 6.36. The number of aryl methyl sites for hydroxylation is 1. The number of ether oxygens (including phenoxy) is 1. The molecule has 1 aromatic rings. The molecular weight excluding hydrogens is 172 g/mol. The van der Waals surface area contributed by atoms with Gasteiger partial charge in [-0.25, -0.2) is 0 Å². The number of unbranched alkanes of at least 4 members (excludes halogenated alkanes) is 1. The van der Waals surface area contributed by atoms with Gasteiger partial charge in [0, 0.05) is 5.56 Å². The minimum Gasteiger partial charge on any atom is -0.465 e. The van der Waals surface area contributed by atoms with E-state index < -0.39 is 0 Å². The Morgan fingerprint density at radius 3 is 3.14 bits per heavy atom. The third-order valence-corrected chi connectivity index (χ3v) is 2.64. The number of allylic oxidation sites excluding steroid dienone is 1. The van der Waals surface area contributed by atoms with Crippen LogP contribution in [-0.2, 0) is 12.8 Å². The van der Waals surface area contributed by atoms with Gasteiger partial charge in [0.25, 0.3) is 0 Å². The molecule has 0 aromatic heterocycles. The molecule has 0 fully saturated rings. The Morgan fingerprint density at radius 1 is 1.36 bits per heavy atom. The second-order valence-electron chi connectivity index (χ2n) is 3.69. The van der Waals surface area contributed by atoms with Crippen molar-refractivity contribution in [3.63, 3.8) is 0 Å². The van der Waals surface area contributed by atoms with E-state index in [9.17, 15) is 0 Å². The van der Waals surface area contributed by atoms with Crippen LogP contribution in [0, 0.1) is 0 Å². The van der Waals surface area contributed by atoms with Gasteiger partial charge in [-0.15, -0.1) is 0 Å². The summed E-state index contributed by atoms with van der Waals surface area (Å²) in [5.41, 5.74) is 2.83. The van der Waals surface area contributed by atoms with Gasteiger partial charge in [-0.05, 0) is 37.0 Å². The smallest absolute Gasteiger partial charge is 0.130 e. The van der Waals surface area contributed by atoms with Crippen LogP contribution in [-0.4, -0.2) is 0 Å². The molecule has 0 radical (unpaired) electrons. The lowest BCUT2D eigenvalue weighted by atomic mass is 9.98. The maximum atomic E-state index is 5.46. The van der Waals surface area contributed by atoms with Gasteiger partial charge in [-0.1, -0.05) is 25.5 Å². The van der Waals surface area contributed by atoms with Crippen molar-refractivity contribution >= 4 is 0 Å². The van der Waals surface area contributed by atoms with E-state index in [1.807, 2.05) is 6.07 Å². The van der Waals surface area contributed by atoms with Crippen molar-refractivity contribution < 1.29 is 4.74 Å². The van der Waals surface area contributed by atoms with Gasteiger partial charge in [0.1, 0.15) is 5.75 Å². The Kier molecular flexibility index (Phi) is 2.87. The lowest BCUT2D eigenvalue weighted by Gasteiger charge is -2.15. The van der Waals surface area contributed by atoms with Crippen LogP contribution in [0.4, 0.5) is 0 Å². The molecule has 0 unspecified atom stereocenters.